The van der Waals surface area contributed by atoms with E-state index in [1.807, 2.05) is 10.9 Å². The summed E-state index contributed by atoms with van der Waals surface area (Å²) in [6.07, 6.45) is 3.69. The second-order valence-corrected chi connectivity index (χ2v) is 3.01. The van der Waals surface area contributed by atoms with E-state index < -0.39 is 0 Å². The van der Waals surface area contributed by atoms with Crippen LogP contribution in [0.5, 0.6) is 0 Å². The van der Waals surface area contributed by atoms with Crippen molar-refractivity contribution in [1.29, 1.82) is 0 Å². The fourth-order valence-corrected chi connectivity index (χ4v) is 1.10. The highest BCUT2D eigenvalue weighted by atomic mass is 79.9. The Kier molecular flexibility index (Phi) is 2.60. The Balaban J connectivity index is 2.61. The zero-order valence-corrected chi connectivity index (χ0v) is 7.27. The second kappa shape index (κ2) is 3.27. The van der Waals surface area contributed by atoms with Crippen LogP contribution in [0, 0.1) is 0 Å². The normalized spacial score (nSPS) is 10.0. The van der Waals surface area contributed by atoms with E-state index in [2.05, 4.69) is 33.7 Å². The van der Waals surface area contributed by atoms with Gasteiger partial charge in [-0.3, -0.25) is 4.68 Å². The molecule has 0 unspecified atom stereocenters. The Morgan fingerprint density at radius 1 is 1.78 bits per heavy atom. The van der Waals surface area contributed by atoms with E-state index >= 15 is 0 Å². The molecular formula is C5H7BrN2S. The molecule has 0 aromatic carbocycles. The summed E-state index contributed by atoms with van der Waals surface area (Å²) in [6, 6.07) is 0. The molecule has 2 nitrogen and oxygen atoms in total. The summed E-state index contributed by atoms with van der Waals surface area (Å²) in [5, 5.41) is 4.03. The molecule has 0 aliphatic rings. The van der Waals surface area contributed by atoms with Crippen LogP contribution in [0.4, 0.5) is 0 Å². The molecule has 0 saturated carbocycles. The lowest BCUT2D eigenvalue weighted by molar-refractivity contribution is 0.667. The molecule has 0 fully saturated rings. The molecule has 4 heteroatoms. The number of hydrogen-bond donors (Lipinski definition) is 1. The first-order chi connectivity index (χ1) is 4.33. The number of rotatable bonds is 2. The van der Waals surface area contributed by atoms with Gasteiger partial charge >= 0.3 is 0 Å². The Morgan fingerprint density at radius 3 is 3.00 bits per heavy atom. The van der Waals surface area contributed by atoms with Gasteiger partial charge in [0, 0.05) is 18.5 Å². The van der Waals surface area contributed by atoms with Crippen molar-refractivity contribution >= 4 is 28.6 Å². The minimum Gasteiger partial charge on any atom is -0.271 e. The Labute approximate surface area is 67.8 Å². The van der Waals surface area contributed by atoms with Crippen molar-refractivity contribution < 1.29 is 0 Å². The van der Waals surface area contributed by atoms with Gasteiger partial charge in [0.15, 0.2) is 0 Å². The average molecular weight is 207 g/mol. The van der Waals surface area contributed by atoms with Crippen LogP contribution in [-0.2, 0) is 6.54 Å². The molecule has 0 N–H and O–H groups in total. The fourth-order valence-electron chi connectivity index (χ4n) is 0.563. The molecule has 0 saturated heterocycles. The van der Waals surface area contributed by atoms with Gasteiger partial charge in [-0.1, -0.05) is 0 Å². The van der Waals surface area contributed by atoms with Crippen molar-refractivity contribution in [2.45, 2.75) is 6.54 Å². The van der Waals surface area contributed by atoms with Crippen LogP contribution in [0.1, 0.15) is 0 Å². The monoisotopic (exact) mass is 206 g/mol. The van der Waals surface area contributed by atoms with E-state index in [1.54, 1.807) is 6.20 Å². The molecule has 1 aromatic rings. The maximum absolute atomic E-state index is 4.07. The number of nitrogens with zero attached hydrogens (tertiary/aromatic N) is 2. The number of hydrogen-bond acceptors (Lipinski definition) is 2. The van der Waals surface area contributed by atoms with E-state index in [0.717, 1.165) is 16.8 Å². The van der Waals surface area contributed by atoms with Crippen molar-refractivity contribution in [3.63, 3.8) is 0 Å². The number of aromatic nitrogens is 2. The molecule has 0 aliphatic carbocycles. The standard InChI is InChI=1S/C5H7BrN2S/c6-5-3-7-8(4-5)1-2-9/h3-4,9H,1-2H2. The maximum atomic E-state index is 4.07. The summed E-state index contributed by atoms with van der Waals surface area (Å²) in [4.78, 5) is 0. The first-order valence-electron chi connectivity index (χ1n) is 2.62. The van der Waals surface area contributed by atoms with Crippen LogP contribution in [0.15, 0.2) is 16.9 Å². The van der Waals surface area contributed by atoms with Crippen LogP contribution in [0.2, 0.25) is 0 Å². The van der Waals surface area contributed by atoms with Gasteiger partial charge in [0.05, 0.1) is 10.7 Å². The van der Waals surface area contributed by atoms with Crippen molar-refractivity contribution in [2.75, 3.05) is 5.75 Å². The summed E-state index contributed by atoms with van der Waals surface area (Å²) in [6.45, 7) is 0.870. The van der Waals surface area contributed by atoms with Gasteiger partial charge in [-0.25, -0.2) is 0 Å². The quantitative estimate of drug-likeness (QED) is 0.729. The van der Waals surface area contributed by atoms with Gasteiger partial charge in [0.1, 0.15) is 0 Å². The third kappa shape index (κ3) is 2.02. The van der Waals surface area contributed by atoms with Gasteiger partial charge < -0.3 is 0 Å². The third-order valence-electron chi connectivity index (χ3n) is 0.931. The molecule has 0 spiro atoms. The Hall–Kier alpha value is 0.0400. The van der Waals surface area contributed by atoms with E-state index in [4.69, 9.17) is 0 Å². The predicted molar refractivity (Wildman–Crippen MR) is 43.8 cm³/mol. The topological polar surface area (TPSA) is 17.8 Å². The van der Waals surface area contributed by atoms with Crippen molar-refractivity contribution in [2.24, 2.45) is 0 Å². The second-order valence-electron chi connectivity index (χ2n) is 1.65. The number of aryl methyl sites for hydroxylation is 1. The smallest absolute Gasteiger partial charge is 0.0632 e. The summed E-state index contributed by atoms with van der Waals surface area (Å²) in [5.41, 5.74) is 0. The van der Waals surface area contributed by atoms with Gasteiger partial charge in [0.2, 0.25) is 0 Å². The van der Waals surface area contributed by atoms with Gasteiger partial charge in [-0.15, -0.1) is 0 Å². The van der Waals surface area contributed by atoms with Crippen LogP contribution in [0.3, 0.4) is 0 Å². The molecule has 0 amide bonds. The van der Waals surface area contributed by atoms with Crippen LogP contribution < -0.4 is 0 Å². The van der Waals surface area contributed by atoms with Gasteiger partial charge in [0.25, 0.3) is 0 Å². The molecule has 0 aliphatic heterocycles. The third-order valence-corrected chi connectivity index (χ3v) is 1.54. The van der Waals surface area contributed by atoms with Crippen molar-refractivity contribution in [1.82, 2.24) is 9.78 Å². The number of thiol groups is 1. The number of halogens is 1. The molecule has 0 bridgehead atoms. The molecular weight excluding hydrogens is 200 g/mol. The molecule has 50 valence electrons. The zero-order valence-electron chi connectivity index (χ0n) is 4.79. The van der Waals surface area contributed by atoms with Gasteiger partial charge in [-0.05, 0) is 15.9 Å². The van der Waals surface area contributed by atoms with Crippen LogP contribution >= 0.6 is 28.6 Å². The predicted octanol–water partition coefficient (Wildman–Crippen LogP) is 1.58. The van der Waals surface area contributed by atoms with E-state index in [-0.39, 0.29) is 0 Å². The Morgan fingerprint density at radius 2 is 2.56 bits per heavy atom. The summed E-state index contributed by atoms with van der Waals surface area (Å²) in [7, 11) is 0. The van der Waals surface area contributed by atoms with Crippen LogP contribution in [-0.4, -0.2) is 15.5 Å². The minimum absolute atomic E-state index is 0.827. The molecule has 0 atom stereocenters. The highest BCUT2D eigenvalue weighted by Gasteiger charge is 1.90. The molecule has 1 rings (SSSR count). The molecule has 9 heavy (non-hydrogen) atoms. The van der Waals surface area contributed by atoms with E-state index in [1.165, 1.54) is 0 Å². The average Bonchev–Trinajstić information content (AvgIpc) is 2.17. The lowest BCUT2D eigenvalue weighted by Gasteiger charge is -1.92. The van der Waals surface area contributed by atoms with Crippen LogP contribution in [0.25, 0.3) is 0 Å². The highest BCUT2D eigenvalue weighted by Crippen LogP contribution is 2.05. The van der Waals surface area contributed by atoms with E-state index in [0.29, 0.717) is 0 Å². The summed E-state index contributed by atoms with van der Waals surface area (Å²) >= 11 is 7.36. The van der Waals surface area contributed by atoms with Crippen molar-refractivity contribution in [3.05, 3.63) is 16.9 Å². The first-order valence-corrected chi connectivity index (χ1v) is 4.04. The Bertz CT molecular complexity index is 187. The molecule has 1 heterocycles. The molecule has 0 radical (unpaired) electrons. The van der Waals surface area contributed by atoms with E-state index in [9.17, 15) is 0 Å². The maximum Gasteiger partial charge on any atom is 0.0632 e. The highest BCUT2D eigenvalue weighted by molar-refractivity contribution is 9.10. The van der Waals surface area contributed by atoms with Gasteiger partial charge in [-0.2, -0.15) is 17.7 Å². The zero-order chi connectivity index (χ0) is 6.69. The lowest BCUT2D eigenvalue weighted by atomic mass is 10.7. The first kappa shape index (κ1) is 7.15. The summed E-state index contributed by atoms with van der Waals surface area (Å²) < 4.78 is 2.86. The van der Waals surface area contributed by atoms with Crippen molar-refractivity contribution in [3.8, 4) is 0 Å². The SMILES string of the molecule is SCCn1cc(Br)cn1. The fraction of sp³-hybridized carbons (Fsp3) is 0.400. The molecule has 1 aromatic heterocycles. The summed E-state index contributed by atoms with van der Waals surface area (Å²) in [5.74, 6) is 0.827. The lowest BCUT2D eigenvalue weighted by Crippen LogP contribution is -1.98. The minimum atomic E-state index is 0.827. The largest absolute Gasteiger partial charge is 0.271 e.